The number of hydrogen-bond acceptors (Lipinski definition) is 3. The number of para-hydroxylation sites is 2. The molecule has 272 valence electrons. The summed E-state index contributed by atoms with van der Waals surface area (Å²) in [7, 11) is 0. The highest BCUT2D eigenvalue weighted by Crippen LogP contribution is 2.45. The number of hydrogen-bond donors (Lipinski definition) is 0. The highest BCUT2D eigenvalue weighted by Gasteiger charge is 2.21. The highest BCUT2D eigenvalue weighted by atomic mass is 15.2. The highest BCUT2D eigenvalue weighted by molar-refractivity contribution is 6.37. The Kier molecular flexibility index (Phi) is 6.69. The molecule has 2 aromatic heterocycles. The van der Waals surface area contributed by atoms with Crippen LogP contribution in [-0.4, -0.2) is 19.5 Å². The molecule has 0 atom stereocenters. The molecule has 0 spiro atoms. The summed E-state index contributed by atoms with van der Waals surface area (Å²) in [6.45, 7) is 0. The Labute approximate surface area is 338 Å². The number of nitrogens with zero attached hydrogens (tertiary/aromatic N) is 4. The van der Waals surface area contributed by atoms with Crippen LogP contribution in [0.5, 0.6) is 0 Å². The van der Waals surface area contributed by atoms with E-state index in [-0.39, 0.29) is 0 Å². The molecule has 59 heavy (non-hydrogen) atoms. The molecule has 0 bridgehead atoms. The third-order valence-electron chi connectivity index (χ3n) is 12.3. The fraction of sp³-hybridized carbons (Fsp3) is 0. The summed E-state index contributed by atoms with van der Waals surface area (Å²) in [5, 5.41) is 17.4. The van der Waals surface area contributed by atoms with Gasteiger partial charge < -0.3 is 0 Å². The van der Waals surface area contributed by atoms with E-state index < -0.39 is 0 Å². The fourth-order valence-corrected chi connectivity index (χ4v) is 9.81. The molecule has 0 unspecified atom stereocenters. The molecule has 13 rings (SSSR count). The predicted molar refractivity (Wildman–Crippen MR) is 247 cm³/mol. The second-order valence-corrected chi connectivity index (χ2v) is 15.5. The van der Waals surface area contributed by atoms with Crippen LogP contribution in [0.3, 0.4) is 0 Å². The molecule has 0 fully saturated rings. The van der Waals surface area contributed by atoms with Gasteiger partial charge in [-0.15, -0.1) is 0 Å². The van der Waals surface area contributed by atoms with Crippen LogP contribution < -0.4 is 0 Å². The van der Waals surface area contributed by atoms with Crippen molar-refractivity contribution in [3.8, 4) is 39.9 Å². The van der Waals surface area contributed by atoms with E-state index >= 15 is 0 Å². The minimum atomic E-state index is 0.583. The normalized spacial score (nSPS) is 12.1. The van der Waals surface area contributed by atoms with E-state index in [4.69, 9.17) is 15.0 Å². The van der Waals surface area contributed by atoms with Crippen molar-refractivity contribution in [2.45, 2.75) is 0 Å². The molecule has 0 aliphatic rings. The average molecular weight is 749 g/mol. The van der Waals surface area contributed by atoms with Gasteiger partial charge in [-0.25, -0.2) is 4.98 Å². The lowest BCUT2D eigenvalue weighted by atomic mass is 9.86. The largest absolute Gasteiger partial charge is 0.278 e. The zero-order valence-electron chi connectivity index (χ0n) is 31.8. The van der Waals surface area contributed by atoms with Crippen molar-refractivity contribution >= 4 is 86.4 Å². The first-order chi connectivity index (χ1) is 29.3. The van der Waals surface area contributed by atoms with Crippen molar-refractivity contribution in [1.29, 1.82) is 0 Å². The Bertz CT molecular complexity index is 3790. The van der Waals surface area contributed by atoms with E-state index in [1.165, 1.54) is 64.6 Å². The Hall–Kier alpha value is -7.95. The summed E-state index contributed by atoms with van der Waals surface area (Å²) in [5.74, 6) is 1.83. The van der Waals surface area contributed by atoms with Crippen molar-refractivity contribution in [2.24, 2.45) is 0 Å². The third-order valence-corrected chi connectivity index (χ3v) is 12.3. The van der Waals surface area contributed by atoms with Crippen LogP contribution >= 0.6 is 0 Å². The zero-order chi connectivity index (χ0) is 38.6. The van der Waals surface area contributed by atoms with E-state index in [9.17, 15) is 0 Å². The van der Waals surface area contributed by atoms with Crippen molar-refractivity contribution in [1.82, 2.24) is 19.5 Å². The lowest BCUT2D eigenvalue weighted by Crippen LogP contribution is -2.06. The molecular formula is C55H32N4. The lowest BCUT2D eigenvalue weighted by Gasteiger charge is -2.18. The molecule has 11 aromatic carbocycles. The Morgan fingerprint density at radius 3 is 1.39 bits per heavy atom. The monoisotopic (exact) mass is 748 g/mol. The van der Waals surface area contributed by atoms with Crippen LogP contribution in [0.2, 0.25) is 0 Å². The van der Waals surface area contributed by atoms with Gasteiger partial charge in [0.05, 0.1) is 11.0 Å². The van der Waals surface area contributed by atoms with Gasteiger partial charge in [0.25, 0.3) is 0 Å². The maximum atomic E-state index is 5.36. The standard InChI is InChI=1S/C55H32N4/c1-2-13-36(14-3-1)53-56-54(58-55(57-53)59-47-25-8-6-19-40(47)41-20-7-9-26-48(41)59)45-21-5-4-18-39(45)38-31-37-30-29-35-16-11-23-43-42-22-10-15-33-27-28-34-17-12-24-44(51(34)49(33)42)46(32-38)52(37)50(35)43/h1-32H. The van der Waals surface area contributed by atoms with Crippen LogP contribution in [0.1, 0.15) is 0 Å². The van der Waals surface area contributed by atoms with Crippen LogP contribution in [0, 0.1) is 0 Å². The van der Waals surface area contributed by atoms with Crippen molar-refractivity contribution < 1.29 is 0 Å². The Morgan fingerprint density at radius 1 is 0.288 bits per heavy atom. The number of benzene rings is 10. The molecule has 13 aromatic rings. The Balaban J connectivity index is 1.13. The summed E-state index contributed by atoms with van der Waals surface area (Å²) in [5.41, 5.74) is 6.15. The van der Waals surface area contributed by atoms with Crippen LogP contribution in [-0.2, 0) is 0 Å². The second kappa shape index (κ2) is 12.3. The van der Waals surface area contributed by atoms with Crippen LogP contribution in [0.25, 0.3) is 126 Å². The maximum Gasteiger partial charge on any atom is 0.238 e. The quantitative estimate of drug-likeness (QED) is 0.168. The molecule has 0 saturated carbocycles. The van der Waals surface area contributed by atoms with Crippen LogP contribution in [0.4, 0.5) is 0 Å². The van der Waals surface area contributed by atoms with E-state index in [1.807, 2.05) is 18.2 Å². The Morgan fingerprint density at radius 2 is 0.763 bits per heavy atom. The first-order valence-corrected chi connectivity index (χ1v) is 20.1. The average Bonchev–Trinajstić information content (AvgIpc) is 3.64. The number of rotatable bonds is 4. The SMILES string of the molecule is c1ccc(-c2nc(-c3ccccc3-c3cc4ccc5cccc6c7cccc8ccc9cccc(c(c3)c4c56)c9c87)nc(-n3c4ccccc4c4ccccc43)n2)cc1. The smallest absolute Gasteiger partial charge is 0.238 e. The molecule has 0 radical (unpaired) electrons. The van der Waals surface area contributed by atoms with Gasteiger partial charge in [-0.2, -0.15) is 9.97 Å². The molecule has 0 aliphatic carbocycles. The van der Waals surface area contributed by atoms with Gasteiger partial charge in [-0.05, 0) is 100 Å². The maximum absolute atomic E-state index is 5.36. The minimum Gasteiger partial charge on any atom is -0.278 e. The van der Waals surface area contributed by atoms with Gasteiger partial charge in [0, 0.05) is 21.9 Å². The van der Waals surface area contributed by atoms with E-state index in [0.29, 0.717) is 17.6 Å². The zero-order valence-corrected chi connectivity index (χ0v) is 31.8. The lowest BCUT2D eigenvalue weighted by molar-refractivity contribution is 0.953. The van der Waals surface area contributed by atoms with Crippen molar-refractivity contribution in [3.63, 3.8) is 0 Å². The summed E-state index contributed by atoms with van der Waals surface area (Å²) in [4.78, 5) is 15.8. The summed E-state index contributed by atoms with van der Waals surface area (Å²) >= 11 is 0. The first kappa shape index (κ1) is 32.2. The number of aromatic nitrogens is 4. The number of fused-ring (bicyclic) bond motifs is 5. The molecule has 0 amide bonds. The molecule has 0 aliphatic heterocycles. The topological polar surface area (TPSA) is 43.6 Å². The van der Waals surface area contributed by atoms with E-state index in [0.717, 1.165) is 44.1 Å². The molecule has 2 heterocycles. The molecule has 4 nitrogen and oxygen atoms in total. The van der Waals surface area contributed by atoms with Gasteiger partial charge in [-0.3, -0.25) is 4.57 Å². The van der Waals surface area contributed by atoms with Gasteiger partial charge in [0.1, 0.15) is 0 Å². The third kappa shape index (κ3) is 4.69. The van der Waals surface area contributed by atoms with E-state index in [2.05, 4.69) is 180 Å². The van der Waals surface area contributed by atoms with Crippen LogP contribution in [0.15, 0.2) is 194 Å². The summed E-state index contributed by atoms with van der Waals surface area (Å²) < 4.78 is 2.18. The minimum absolute atomic E-state index is 0.583. The summed E-state index contributed by atoms with van der Waals surface area (Å²) in [6.07, 6.45) is 0. The van der Waals surface area contributed by atoms with Crippen molar-refractivity contribution in [2.75, 3.05) is 0 Å². The van der Waals surface area contributed by atoms with Gasteiger partial charge in [-0.1, -0.05) is 170 Å². The molecule has 4 heteroatoms. The molecule has 0 N–H and O–H groups in total. The molecule has 0 saturated heterocycles. The van der Waals surface area contributed by atoms with Gasteiger partial charge >= 0.3 is 0 Å². The van der Waals surface area contributed by atoms with Crippen molar-refractivity contribution in [3.05, 3.63) is 194 Å². The first-order valence-electron chi connectivity index (χ1n) is 20.1. The summed E-state index contributed by atoms with van der Waals surface area (Å²) in [6, 6.07) is 69.9. The van der Waals surface area contributed by atoms with Gasteiger partial charge in [0.2, 0.25) is 5.95 Å². The van der Waals surface area contributed by atoms with Gasteiger partial charge in [0.15, 0.2) is 11.6 Å². The van der Waals surface area contributed by atoms with E-state index in [1.54, 1.807) is 0 Å². The molecular weight excluding hydrogens is 717 g/mol. The second-order valence-electron chi connectivity index (χ2n) is 15.5. The predicted octanol–water partition coefficient (Wildman–Crippen LogP) is 14.3. The fourth-order valence-electron chi connectivity index (χ4n) is 9.81.